The average Bonchev–Trinajstić information content (AvgIpc) is 3.06. The first-order valence-corrected chi connectivity index (χ1v) is 10.7. The van der Waals surface area contributed by atoms with Gasteiger partial charge in [-0.1, -0.05) is 6.92 Å². The number of fused-ring (bicyclic) bond motifs is 1. The van der Waals surface area contributed by atoms with E-state index in [1.807, 2.05) is 0 Å². The summed E-state index contributed by atoms with van der Waals surface area (Å²) in [5.41, 5.74) is 0.615. The number of nitro benzene ring substituents is 1. The highest BCUT2D eigenvalue weighted by Gasteiger charge is 2.49. The summed E-state index contributed by atoms with van der Waals surface area (Å²) in [6.07, 6.45) is 2.34. The van der Waals surface area contributed by atoms with Crippen LogP contribution in [0.5, 0.6) is 0 Å². The fourth-order valence-electron chi connectivity index (χ4n) is 4.46. The molecule has 9 heteroatoms. The molecule has 9 nitrogen and oxygen atoms in total. The predicted molar refractivity (Wildman–Crippen MR) is 117 cm³/mol. The maximum absolute atomic E-state index is 12.8. The number of carbonyl (C=O) groups excluding carboxylic acids is 4. The highest BCUT2D eigenvalue weighted by Crippen LogP contribution is 2.42. The van der Waals surface area contributed by atoms with Crippen molar-refractivity contribution in [1.29, 1.82) is 0 Å². The molecule has 1 saturated heterocycles. The van der Waals surface area contributed by atoms with Crippen LogP contribution in [-0.2, 0) is 14.3 Å². The summed E-state index contributed by atoms with van der Waals surface area (Å²) >= 11 is 0. The molecule has 0 radical (unpaired) electrons. The standard InChI is InChI=1S/C24H22N2O7/c1-14-2-11-19-20(12-14)23(29)25(22(19)28)17-7-5-16(6-8-17)24(30)33-13-21(27)15-3-9-18(10-4-15)26(31)32/h3-10,14,19-20H,2,11-13H2,1H3/t14-,19+,20-/m1/s1. The Morgan fingerprint density at radius 3 is 2.21 bits per heavy atom. The maximum atomic E-state index is 12.8. The first kappa shape index (κ1) is 22.3. The van der Waals surface area contributed by atoms with Gasteiger partial charge in [0.15, 0.2) is 12.4 Å². The monoisotopic (exact) mass is 450 g/mol. The summed E-state index contributed by atoms with van der Waals surface area (Å²) in [6, 6.07) is 10.9. The molecular formula is C24H22N2O7. The van der Waals surface area contributed by atoms with Crippen molar-refractivity contribution in [2.24, 2.45) is 17.8 Å². The number of ketones is 1. The van der Waals surface area contributed by atoms with E-state index in [0.717, 1.165) is 6.42 Å². The lowest BCUT2D eigenvalue weighted by Gasteiger charge is -2.25. The van der Waals surface area contributed by atoms with E-state index >= 15 is 0 Å². The Morgan fingerprint density at radius 1 is 0.970 bits per heavy atom. The van der Waals surface area contributed by atoms with Crippen molar-refractivity contribution in [3.8, 4) is 0 Å². The number of anilines is 1. The summed E-state index contributed by atoms with van der Waals surface area (Å²) in [4.78, 5) is 61.4. The Kier molecular flexibility index (Phi) is 6.04. The number of nitrogens with zero attached hydrogens (tertiary/aromatic N) is 2. The third-order valence-corrected chi connectivity index (χ3v) is 6.28. The molecule has 0 N–H and O–H groups in total. The van der Waals surface area contributed by atoms with Gasteiger partial charge in [0.25, 0.3) is 5.69 Å². The van der Waals surface area contributed by atoms with E-state index in [1.165, 1.54) is 53.4 Å². The molecule has 2 amide bonds. The molecule has 0 aromatic heterocycles. The van der Waals surface area contributed by atoms with Crippen LogP contribution in [-0.4, -0.2) is 35.1 Å². The Labute approximate surface area is 189 Å². The molecule has 1 aliphatic heterocycles. The van der Waals surface area contributed by atoms with Crippen molar-refractivity contribution in [2.75, 3.05) is 11.5 Å². The molecule has 1 saturated carbocycles. The van der Waals surface area contributed by atoms with Gasteiger partial charge >= 0.3 is 5.97 Å². The normalized spacial score (nSPS) is 22.1. The second-order valence-electron chi connectivity index (χ2n) is 8.49. The number of imide groups is 1. The predicted octanol–water partition coefficient (Wildman–Crippen LogP) is 3.56. The number of ether oxygens (including phenoxy) is 1. The Balaban J connectivity index is 1.38. The summed E-state index contributed by atoms with van der Waals surface area (Å²) in [5, 5.41) is 10.7. The molecule has 2 fully saturated rings. The van der Waals surface area contributed by atoms with E-state index < -0.39 is 23.3 Å². The lowest BCUT2D eigenvalue weighted by Crippen LogP contribution is -2.30. The van der Waals surface area contributed by atoms with Gasteiger partial charge in [-0.2, -0.15) is 0 Å². The van der Waals surface area contributed by atoms with Crippen molar-refractivity contribution >= 4 is 34.9 Å². The van der Waals surface area contributed by atoms with Crippen LogP contribution in [0.1, 0.15) is 46.9 Å². The Hall–Kier alpha value is -3.88. The lowest BCUT2D eigenvalue weighted by atomic mass is 9.76. The van der Waals surface area contributed by atoms with Gasteiger partial charge in [0.05, 0.1) is 28.0 Å². The van der Waals surface area contributed by atoms with Gasteiger partial charge in [-0.3, -0.25) is 29.4 Å². The average molecular weight is 450 g/mol. The van der Waals surface area contributed by atoms with Gasteiger partial charge in [-0.25, -0.2) is 4.79 Å². The zero-order chi connectivity index (χ0) is 23.7. The van der Waals surface area contributed by atoms with Gasteiger partial charge in [-0.15, -0.1) is 0 Å². The molecule has 0 bridgehead atoms. The number of benzene rings is 2. The van der Waals surface area contributed by atoms with Crippen LogP contribution in [0.3, 0.4) is 0 Å². The van der Waals surface area contributed by atoms with Crippen LogP contribution in [0, 0.1) is 27.9 Å². The largest absolute Gasteiger partial charge is 0.454 e. The lowest BCUT2D eigenvalue weighted by molar-refractivity contribution is -0.384. The van der Waals surface area contributed by atoms with Crippen LogP contribution in [0.15, 0.2) is 48.5 Å². The van der Waals surface area contributed by atoms with E-state index in [4.69, 9.17) is 4.74 Å². The van der Waals surface area contributed by atoms with Gasteiger partial charge in [0.2, 0.25) is 11.8 Å². The van der Waals surface area contributed by atoms with Crippen LogP contribution in [0.4, 0.5) is 11.4 Å². The van der Waals surface area contributed by atoms with E-state index in [0.29, 0.717) is 24.4 Å². The van der Waals surface area contributed by atoms with Crippen molar-refractivity contribution in [1.82, 2.24) is 0 Å². The molecular weight excluding hydrogens is 428 g/mol. The molecule has 0 unspecified atom stereocenters. The number of non-ortho nitro benzene ring substituents is 1. The fraction of sp³-hybridized carbons (Fsp3) is 0.333. The highest BCUT2D eigenvalue weighted by molar-refractivity contribution is 6.22. The first-order valence-electron chi connectivity index (χ1n) is 10.7. The number of hydrogen-bond donors (Lipinski definition) is 0. The highest BCUT2D eigenvalue weighted by atomic mass is 16.6. The molecule has 170 valence electrons. The third-order valence-electron chi connectivity index (χ3n) is 6.28. The van der Waals surface area contributed by atoms with Gasteiger partial charge in [-0.05, 0) is 61.6 Å². The Bertz CT molecular complexity index is 1120. The molecule has 2 aromatic carbocycles. The Morgan fingerprint density at radius 2 is 1.58 bits per heavy atom. The molecule has 4 rings (SSSR count). The van der Waals surface area contributed by atoms with Crippen molar-refractivity contribution in [3.05, 3.63) is 69.8 Å². The number of nitro groups is 1. The second kappa shape index (κ2) is 8.93. The molecule has 0 spiro atoms. The quantitative estimate of drug-likeness (QED) is 0.217. The van der Waals surface area contributed by atoms with Crippen LogP contribution >= 0.6 is 0 Å². The molecule has 1 aliphatic carbocycles. The zero-order valence-electron chi connectivity index (χ0n) is 17.9. The van der Waals surface area contributed by atoms with Gasteiger partial charge < -0.3 is 4.74 Å². The topological polar surface area (TPSA) is 124 Å². The van der Waals surface area contributed by atoms with Crippen LogP contribution in [0.25, 0.3) is 0 Å². The number of rotatable bonds is 6. The molecule has 2 aliphatic rings. The number of Topliss-reactive ketones (excluding diaryl/α,β-unsaturated/α-hetero) is 1. The van der Waals surface area contributed by atoms with Crippen LogP contribution < -0.4 is 4.90 Å². The number of carbonyl (C=O) groups is 4. The zero-order valence-corrected chi connectivity index (χ0v) is 17.9. The smallest absolute Gasteiger partial charge is 0.338 e. The third kappa shape index (κ3) is 4.39. The van der Waals surface area contributed by atoms with Crippen LogP contribution in [0.2, 0.25) is 0 Å². The minimum atomic E-state index is -0.738. The van der Waals surface area contributed by atoms with Crippen molar-refractivity contribution < 1.29 is 28.8 Å². The molecule has 1 heterocycles. The number of esters is 1. The van der Waals surface area contributed by atoms with Gasteiger partial charge in [0, 0.05) is 17.7 Å². The minimum Gasteiger partial charge on any atom is -0.454 e. The summed E-state index contributed by atoms with van der Waals surface area (Å²) in [5.74, 6) is -1.77. The fourth-order valence-corrected chi connectivity index (χ4v) is 4.46. The first-order chi connectivity index (χ1) is 15.8. The SMILES string of the molecule is C[C@@H]1CC[C@@H]2C(=O)N(c3ccc(C(=O)OCC(=O)c4ccc([N+](=O)[O-])cc4)cc3)C(=O)[C@@H]2C1. The van der Waals surface area contributed by atoms with E-state index in [-0.39, 0.29) is 40.5 Å². The number of hydrogen-bond acceptors (Lipinski definition) is 7. The van der Waals surface area contributed by atoms with Crippen molar-refractivity contribution in [3.63, 3.8) is 0 Å². The van der Waals surface area contributed by atoms with E-state index in [2.05, 4.69) is 6.92 Å². The number of amides is 2. The second-order valence-corrected chi connectivity index (χ2v) is 8.49. The summed E-state index contributed by atoms with van der Waals surface area (Å²) in [6.45, 7) is 1.56. The molecule has 33 heavy (non-hydrogen) atoms. The molecule has 3 atom stereocenters. The van der Waals surface area contributed by atoms with E-state index in [1.54, 1.807) is 0 Å². The molecule has 2 aromatic rings. The van der Waals surface area contributed by atoms with Gasteiger partial charge in [0.1, 0.15) is 0 Å². The summed E-state index contributed by atoms with van der Waals surface area (Å²) < 4.78 is 5.05. The summed E-state index contributed by atoms with van der Waals surface area (Å²) in [7, 11) is 0. The maximum Gasteiger partial charge on any atom is 0.338 e. The minimum absolute atomic E-state index is 0.146. The van der Waals surface area contributed by atoms with Crippen molar-refractivity contribution in [2.45, 2.75) is 26.2 Å². The van der Waals surface area contributed by atoms with E-state index in [9.17, 15) is 29.3 Å².